The second-order valence-electron chi connectivity index (χ2n) is 5.61. The van der Waals surface area contributed by atoms with Crippen LogP contribution in [0.5, 0.6) is 17.2 Å². The van der Waals surface area contributed by atoms with Gasteiger partial charge >= 0.3 is 0 Å². The zero-order valence-corrected chi connectivity index (χ0v) is 15.0. The lowest BCUT2D eigenvalue weighted by Gasteiger charge is -2.19. The van der Waals surface area contributed by atoms with Crippen molar-refractivity contribution < 1.29 is 28.9 Å². The molecule has 0 bridgehead atoms. The first-order valence-corrected chi connectivity index (χ1v) is 7.87. The average molecular weight is 358 g/mol. The monoisotopic (exact) mass is 358 g/mol. The topological polar surface area (TPSA) is 96.9 Å². The van der Waals surface area contributed by atoms with Gasteiger partial charge in [-0.2, -0.15) is 0 Å². The summed E-state index contributed by atoms with van der Waals surface area (Å²) in [7, 11) is 2.79. The number of amides is 1. The smallest absolute Gasteiger partial charge is 0.265 e. The molecule has 7 heteroatoms. The maximum atomic E-state index is 12.4. The number of ether oxygens (including phenoxy) is 3. The molecule has 0 heterocycles. The molecule has 0 aliphatic carbocycles. The lowest BCUT2D eigenvalue weighted by atomic mass is 10.1. The van der Waals surface area contributed by atoms with E-state index in [2.05, 4.69) is 5.32 Å². The number of carbonyl (C=O) groups excluding carboxylic acids is 2. The van der Waals surface area contributed by atoms with Crippen LogP contribution in [0.25, 0.3) is 0 Å². The summed E-state index contributed by atoms with van der Waals surface area (Å²) in [6.07, 6.45) is -0.848. The van der Waals surface area contributed by atoms with Gasteiger partial charge in [0.25, 0.3) is 5.91 Å². The van der Waals surface area contributed by atoms with Gasteiger partial charge in [-0.15, -0.1) is 0 Å². The minimum Gasteiger partial charge on any atom is -0.545 e. The summed E-state index contributed by atoms with van der Waals surface area (Å²) in [6.45, 7) is 3.48. The van der Waals surface area contributed by atoms with Crippen molar-refractivity contribution in [1.29, 1.82) is 0 Å². The van der Waals surface area contributed by atoms with E-state index >= 15 is 0 Å². The normalized spacial score (nSPS) is 11.4. The number of methoxy groups -OCH3 is 2. The molecule has 0 saturated carbocycles. The van der Waals surface area contributed by atoms with E-state index in [1.165, 1.54) is 26.4 Å². The Balaban J connectivity index is 2.22. The molecule has 1 amide bonds. The van der Waals surface area contributed by atoms with Crippen LogP contribution in [-0.4, -0.2) is 32.2 Å². The molecule has 0 fully saturated rings. The first-order chi connectivity index (χ1) is 12.3. The molecule has 0 spiro atoms. The SMILES string of the molecule is COc1cc(NC(=O)[C@@H](C)Oc2cccc(C)c2)c(C(=O)[O-])cc1OC. The van der Waals surface area contributed by atoms with E-state index in [0.29, 0.717) is 5.75 Å². The van der Waals surface area contributed by atoms with Crippen LogP contribution >= 0.6 is 0 Å². The summed E-state index contributed by atoms with van der Waals surface area (Å²) in [5, 5.41) is 13.9. The third-order valence-corrected chi connectivity index (χ3v) is 3.67. The Hall–Kier alpha value is -3.22. The van der Waals surface area contributed by atoms with Crippen molar-refractivity contribution in [3.63, 3.8) is 0 Å². The van der Waals surface area contributed by atoms with E-state index < -0.39 is 18.0 Å². The maximum Gasteiger partial charge on any atom is 0.265 e. The van der Waals surface area contributed by atoms with Crippen LogP contribution in [0.3, 0.4) is 0 Å². The Kier molecular flexibility index (Phi) is 6.06. The summed E-state index contributed by atoms with van der Waals surface area (Å²) < 4.78 is 15.8. The van der Waals surface area contributed by atoms with Gasteiger partial charge in [0.2, 0.25) is 0 Å². The number of benzene rings is 2. The van der Waals surface area contributed by atoms with Gasteiger partial charge in [0, 0.05) is 11.6 Å². The Morgan fingerprint density at radius 3 is 2.31 bits per heavy atom. The van der Waals surface area contributed by atoms with Crippen LogP contribution in [-0.2, 0) is 4.79 Å². The molecular weight excluding hydrogens is 338 g/mol. The molecule has 0 radical (unpaired) electrons. The van der Waals surface area contributed by atoms with E-state index in [1.807, 2.05) is 19.1 Å². The molecule has 0 unspecified atom stereocenters. The van der Waals surface area contributed by atoms with Crippen molar-refractivity contribution in [2.75, 3.05) is 19.5 Å². The summed E-state index contributed by atoms with van der Waals surface area (Å²) in [6, 6.07) is 9.86. The van der Waals surface area contributed by atoms with Crippen molar-refractivity contribution in [3.8, 4) is 17.2 Å². The standard InChI is InChI=1S/C19H21NO6/c1-11-6-5-7-13(8-11)26-12(2)18(21)20-15-10-17(25-4)16(24-3)9-14(15)19(22)23/h5-10,12H,1-4H3,(H,20,21)(H,22,23)/p-1/t12-/m1/s1. The predicted molar refractivity (Wildman–Crippen MR) is 93.8 cm³/mol. The molecule has 1 atom stereocenters. The number of rotatable bonds is 7. The lowest BCUT2D eigenvalue weighted by Crippen LogP contribution is -2.32. The fraction of sp³-hybridized carbons (Fsp3) is 0.263. The van der Waals surface area contributed by atoms with Gasteiger partial charge in [0.05, 0.1) is 25.9 Å². The molecule has 0 aliphatic heterocycles. The van der Waals surface area contributed by atoms with Crippen LogP contribution < -0.4 is 24.6 Å². The fourth-order valence-electron chi connectivity index (χ4n) is 2.33. The maximum absolute atomic E-state index is 12.4. The second-order valence-corrected chi connectivity index (χ2v) is 5.61. The highest BCUT2D eigenvalue weighted by atomic mass is 16.5. The number of carboxylic acids is 1. The number of carboxylic acid groups (broad SMARTS) is 1. The molecule has 26 heavy (non-hydrogen) atoms. The van der Waals surface area contributed by atoms with Crippen molar-refractivity contribution >= 4 is 17.6 Å². The summed E-state index contributed by atoms with van der Waals surface area (Å²) in [5.41, 5.74) is 0.806. The van der Waals surface area contributed by atoms with Crippen molar-refractivity contribution in [3.05, 3.63) is 47.5 Å². The van der Waals surface area contributed by atoms with Gasteiger partial charge in [-0.1, -0.05) is 12.1 Å². The molecule has 0 aliphatic rings. The van der Waals surface area contributed by atoms with Crippen LogP contribution in [0.1, 0.15) is 22.8 Å². The van der Waals surface area contributed by atoms with Crippen molar-refractivity contribution in [2.45, 2.75) is 20.0 Å². The molecular formula is C19H20NO6-. The molecule has 138 valence electrons. The number of nitrogens with one attached hydrogen (secondary N) is 1. The zero-order valence-electron chi connectivity index (χ0n) is 15.0. The molecule has 7 nitrogen and oxygen atoms in total. The third kappa shape index (κ3) is 4.44. The Bertz CT molecular complexity index is 818. The number of carbonyl (C=O) groups is 2. The minimum atomic E-state index is -1.45. The van der Waals surface area contributed by atoms with E-state index in [0.717, 1.165) is 5.56 Å². The highest BCUT2D eigenvalue weighted by molar-refractivity contribution is 6.02. The third-order valence-electron chi connectivity index (χ3n) is 3.67. The van der Waals surface area contributed by atoms with E-state index in [-0.39, 0.29) is 22.7 Å². The first-order valence-electron chi connectivity index (χ1n) is 7.87. The zero-order chi connectivity index (χ0) is 19.3. The van der Waals surface area contributed by atoms with Crippen LogP contribution in [0.2, 0.25) is 0 Å². The number of anilines is 1. The quantitative estimate of drug-likeness (QED) is 0.810. The molecule has 2 rings (SSSR count). The Labute approximate surface area is 151 Å². The second kappa shape index (κ2) is 8.24. The molecule has 0 saturated heterocycles. The molecule has 2 aromatic rings. The largest absolute Gasteiger partial charge is 0.545 e. The molecule has 2 aromatic carbocycles. The number of hydrogen-bond donors (Lipinski definition) is 1. The minimum absolute atomic E-state index is 0.0346. The van der Waals surface area contributed by atoms with Gasteiger partial charge in [-0.05, 0) is 37.6 Å². The highest BCUT2D eigenvalue weighted by Crippen LogP contribution is 2.33. The van der Waals surface area contributed by atoms with Gasteiger partial charge < -0.3 is 29.4 Å². The molecule has 1 N–H and O–H groups in total. The Morgan fingerprint density at radius 1 is 1.08 bits per heavy atom. The highest BCUT2D eigenvalue weighted by Gasteiger charge is 2.19. The van der Waals surface area contributed by atoms with Crippen LogP contribution in [0.15, 0.2) is 36.4 Å². The fourth-order valence-corrected chi connectivity index (χ4v) is 2.33. The lowest BCUT2D eigenvalue weighted by molar-refractivity contribution is -0.254. The first kappa shape index (κ1) is 19.1. The molecule has 0 aromatic heterocycles. The summed E-state index contributed by atoms with van der Waals surface area (Å²) >= 11 is 0. The van der Waals surface area contributed by atoms with Gasteiger partial charge in [-0.3, -0.25) is 4.79 Å². The summed E-state index contributed by atoms with van der Waals surface area (Å²) in [5.74, 6) is -0.927. The average Bonchev–Trinajstić information content (AvgIpc) is 2.60. The van der Waals surface area contributed by atoms with Crippen molar-refractivity contribution in [1.82, 2.24) is 0 Å². The number of aromatic carboxylic acids is 1. The van der Waals surface area contributed by atoms with Crippen molar-refractivity contribution in [2.24, 2.45) is 0 Å². The summed E-state index contributed by atoms with van der Waals surface area (Å²) in [4.78, 5) is 23.8. The van der Waals surface area contributed by atoms with E-state index in [4.69, 9.17) is 14.2 Å². The van der Waals surface area contributed by atoms with Gasteiger partial charge in [0.1, 0.15) is 5.75 Å². The van der Waals surface area contributed by atoms with E-state index in [9.17, 15) is 14.7 Å². The number of hydrogen-bond acceptors (Lipinski definition) is 6. The van der Waals surface area contributed by atoms with Crippen LogP contribution in [0, 0.1) is 6.92 Å². The number of aryl methyl sites for hydroxylation is 1. The van der Waals surface area contributed by atoms with E-state index in [1.54, 1.807) is 19.1 Å². The van der Waals surface area contributed by atoms with Gasteiger partial charge in [0.15, 0.2) is 17.6 Å². The Morgan fingerprint density at radius 2 is 1.73 bits per heavy atom. The van der Waals surface area contributed by atoms with Gasteiger partial charge in [-0.25, -0.2) is 0 Å². The van der Waals surface area contributed by atoms with Crippen LogP contribution in [0.4, 0.5) is 5.69 Å². The predicted octanol–water partition coefficient (Wildman–Crippen LogP) is 1.78.